The molecule has 0 saturated carbocycles. The molecule has 0 saturated heterocycles. The van der Waals surface area contributed by atoms with Gasteiger partial charge in [-0.3, -0.25) is 0 Å². The third-order valence-electron chi connectivity index (χ3n) is 2.26. The monoisotopic (exact) mass is 268 g/mol. The summed E-state index contributed by atoms with van der Waals surface area (Å²) in [6, 6.07) is 7.12. The van der Waals surface area contributed by atoms with Crippen LogP contribution in [-0.2, 0) is 6.61 Å². The van der Waals surface area contributed by atoms with Crippen molar-refractivity contribution in [2.24, 2.45) is 0 Å². The number of hydrogen-bond donors (Lipinski definition) is 1. The molecule has 0 amide bonds. The molecular weight excluding hydrogens is 259 g/mol. The summed E-state index contributed by atoms with van der Waals surface area (Å²) < 4.78 is 0. The second-order valence-electron chi connectivity index (χ2n) is 3.60. The van der Waals surface area contributed by atoms with Gasteiger partial charge in [0.05, 0.1) is 15.7 Å². The quantitative estimate of drug-likeness (QED) is 0.910. The van der Waals surface area contributed by atoms with Crippen LogP contribution < -0.4 is 0 Å². The van der Waals surface area contributed by atoms with Crippen molar-refractivity contribution in [3.05, 3.63) is 45.8 Å². The average molecular weight is 269 g/mol. The number of aliphatic hydroxyl groups excluding tert-OH is 1. The SMILES string of the molecule is Cc1cc(-c2ccc(Cl)c(Cl)c2)nc(CO)n1. The van der Waals surface area contributed by atoms with Crippen LogP contribution in [0, 0.1) is 6.92 Å². The van der Waals surface area contributed by atoms with E-state index in [-0.39, 0.29) is 6.61 Å². The van der Waals surface area contributed by atoms with E-state index in [0.29, 0.717) is 15.9 Å². The molecule has 0 spiro atoms. The summed E-state index contributed by atoms with van der Waals surface area (Å²) in [5, 5.41) is 10.0. The normalized spacial score (nSPS) is 10.6. The molecular formula is C12H10Cl2N2O. The van der Waals surface area contributed by atoms with Gasteiger partial charge in [0, 0.05) is 11.3 Å². The zero-order chi connectivity index (χ0) is 12.4. The van der Waals surface area contributed by atoms with Crippen molar-refractivity contribution >= 4 is 23.2 Å². The van der Waals surface area contributed by atoms with Gasteiger partial charge in [-0.15, -0.1) is 0 Å². The molecule has 3 nitrogen and oxygen atoms in total. The molecule has 88 valence electrons. The van der Waals surface area contributed by atoms with E-state index in [1.54, 1.807) is 12.1 Å². The van der Waals surface area contributed by atoms with Gasteiger partial charge < -0.3 is 5.11 Å². The molecule has 1 aromatic carbocycles. The summed E-state index contributed by atoms with van der Waals surface area (Å²) >= 11 is 11.8. The molecule has 1 aromatic heterocycles. The fraction of sp³-hybridized carbons (Fsp3) is 0.167. The lowest BCUT2D eigenvalue weighted by Crippen LogP contribution is -1.98. The largest absolute Gasteiger partial charge is 0.388 e. The predicted molar refractivity (Wildman–Crippen MR) is 68.1 cm³/mol. The van der Waals surface area contributed by atoms with Crippen LogP contribution in [0.25, 0.3) is 11.3 Å². The molecule has 0 unspecified atom stereocenters. The van der Waals surface area contributed by atoms with Gasteiger partial charge in [0.15, 0.2) is 5.82 Å². The van der Waals surface area contributed by atoms with E-state index in [1.165, 1.54) is 0 Å². The molecule has 0 aliphatic rings. The predicted octanol–water partition coefficient (Wildman–Crippen LogP) is 3.25. The number of aryl methyl sites for hydroxylation is 1. The molecule has 0 atom stereocenters. The third-order valence-corrected chi connectivity index (χ3v) is 3.00. The van der Waals surface area contributed by atoms with Crippen molar-refractivity contribution in [3.63, 3.8) is 0 Å². The highest BCUT2D eigenvalue weighted by atomic mass is 35.5. The van der Waals surface area contributed by atoms with Gasteiger partial charge in [-0.05, 0) is 25.1 Å². The first-order valence-electron chi connectivity index (χ1n) is 5.01. The van der Waals surface area contributed by atoms with Crippen molar-refractivity contribution in [2.45, 2.75) is 13.5 Å². The van der Waals surface area contributed by atoms with E-state index in [1.807, 2.05) is 19.1 Å². The molecule has 0 aliphatic carbocycles. The van der Waals surface area contributed by atoms with Crippen LogP contribution in [-0.4, -0.2) is 15.1 Å². The maximum Gasteiger partial charge on any atom is 0.154 e. The van der Waals surface area contributed by atoms with Crippen molar-refractivity contribution in [1.29, 1.82) is 0 Å². The number of benzene rings is 1. The molecule has 2 rings (SSSR count). The number of hydrogen-bond acceptors (Lipinski definition) is 3. The second kappa shape index (κ2) is 5.00. The Kier molecular flexibility index (Phi) is 3.62. The molecule has 0 fully saturated rings. The van der Waals surface area contributed by atoms with E-state index in [4.69, 9.17) is 28.3 Å². The summed E-state index contributed by atoms with van der Waals surface area (Å²) in [6.07, 6.45) is 0. The molecule has 0 bridgehead atoms. The van der Waals surface area contributed by atoms with Crippen LogP contribution in [0.2, 0.25) is 10.0 Å². The lowest BCUT2D eigenvalue weighted by molar-refractivity contribution is 0.271. The molecule has 5 heteroatoms. The lowest BCUT2D eigenvalue weighted by atomic mass is 10.1. The Balaban J connectivity index is 2.52. The Morgan fingerprint density at radius 1 is 1.12 bits per heavy atom. The Morgan fingerprint density at radius 2 is 1.88 bits per heavy atom. The van der Waals surface area contributed by atoms with Crippen molar-refractivity contribution < 1.29 is 5.11 Å². The van der Waals surface area contributed by atoms with Crippen LogP contribution in [0.5, 0.6) is 0 Å². The fourth-order valence-electron chi connectivity index (χ4n) is 1.50. The Bertz CT molecular complexity index is 558. The molecule has 1 heterocycles. The van der Waals surface area contributed by atoms with Crippen LogP contribution >= 0.6 is 23.2 Å². The van der Waals surface area contributed by atoms with Crippen molar-refractivity contribution in [1.82, 2.24) is 9.97 Å². The fourth-order valence-corrected chi connectivity index (χ4v) is 1.80. The van der Waals surface area contributed by atoms with E-state index < -0.39 is 0 Å². The maximum absolute atomic E-state index is 9.06. The summed E-state index contributed by atoms with van der Waals surface area (Å²) in [5.74, 6) is 0.395. The van der Waals surface area contributed by atoms with Crippen molar-refractivity contribution in [2.75, 3.05) is 0 Å². The minimum atomic E-state index is -0.185. The van der Waals surface area contributed by atoms with Gasteiger partial charge >= 0.3 is 0 Å². The topological polar surface area (TPSA) is 46.0 Å². The number of rotatable bonds is 2. The summed E-state index contributed by atoms with van der Waals surface area (Å²) in [6.45, 7) is 1.66. The van der Waals surface area contributed by atoms with Gasteiger partial charge in [0.25, 0.3) is 0 Å². The van der Waals surface area contributed by atoms with Crippen LogP contribution in [0.1, 0.15) is 11.5 Å². The first-order valence-corrected chi connectivity index (χ1v) is 5.76. The smallest absolute Gasteiger partial charge is 0.154 e. The van der Waals surface area contributed by atoms with Crippen LogP contribution in [0.15, 0.2) is 24.3 Å². The molecule has 0 radical (unpaired) electrons. The van der Waals surface area contributed by atoms with E-state index >= 15 is 0 Å². The number of aromatic nitrogens is 2. The Morgan fingerprint density at radius 3 is 2.53 bits per heavy atom. The van der Waals surface area contributed by atoms with E-state index in [9.17, 15) is 0 Å². The van der Waals surface area contributed by atoms with Crippen LogP contribution in [0.4, 0.5) is 0 Å². The standard InChI is InChI=1S/C12H10Cl2N2O/c1-7-4-11(16-12(6-17)15-7)8-2-3-9(13)10(14)5-8/h2-5,17H,6H2,1H3. The highest BCUT2D eigenvalue weighted by Gasteiger charge is 2.06. The molecule has 1 N–H and O–H groups in total. The zero-order valence-electron chi connectivity index (χ0n) is 9.11. The highest BCUT2D eigenvalue weighted by Crippen LogP contribution is 2.27. The zero-order valence-corrected chi connectivity index (χ0v) is 10.6. The second-order valence-corrected chi connectivity index (χ2v) is 4.41. The Labute approximate surface area is 109 Å². The van der Waals surface area contributed by atoms with Gasteiger partial charge in [-0.25, -0.2) is 9.97 Å². The Hall–Kier alpha value is -1.16. The van der Waals surface area contributed by atoms with Gasteiger partial charge in [-0.2, -0.15) is 0 Å². The lowest BCUT2D eigenvalue weighted by Gasteiger charge is -2.05. The summed E-state index contributed by atoms with van der Waals surface area (Å²) in [5.41, 5.74) is 2.37. The molecule has 17 heavy (non-hydrogen) atoms. The molecule has 0 aliphatic heterocycles. The van der Waals surface area contributed by atoms with Gasteiger partial charge in [0.2, 0.25) is 0 Å². The van der Waals surface area contributed by atoms with Gasteiger partial charge in [-0.1, -0.05) is 29.3 Å². The third kappa shape index (κ3) is 2.75. The minimum absolute atomic E-state index is 0.185. The minimum Gasteiger partial charge on any atom is -0.388 e. The van der Waals surface area contributed by atoms with Crippen LogP contribution in [0.3, 0.4) is 0 Å². The number of halogens is 2. The summed E-state index contributed by atoms with van der Waals surface area (Å²) in [7, 11) is 0. The number of nitrogens with zero attached hydrogens (tertiary/aromatic N) is 2. The van der Waals surface area contributed by atoms with Gasteiger partial charge in [0.1, 0.15) is 6.61 Å². The van der Waals surface area contributed by atoms with Crippen molar-refractivity contribution in [3.8, 4) is 11.3 Å². The first-order chi connectivity index (χ1) is 8.10. The van der Waals surface area contributed by atoms with E-state index in [2.05, 4.69) is 9.97 Å². The summed E-state index contributed by atoms with van der Waals surface area (Å²) in [4.78, 5) is 8.33. The maximum atomic E-state index is 9.06. The highest BCUT2D eigenvalue weighted by molar-refractivity contribution is 6.42. The first kappa shape index (κ1) is 12.3. The number of aliphatic hydroxyl groups is 1. The molecule has 2 aromatic rings. The van der Waals surface area contributed by atoms with E-state index in [0.717, 1.165) is 17.0 Å². The average Bonchev–Trinajstić information content (AvgIpc) is 2.32.